The molecule has 1 aromatic rings. The van der Waals surface area contributed by atoms with E-state index in [1.807, 2.05) is 0 Å². The van der Waals surface area contributed by atoms with Gasteiger partial charge in [0.1, 0.15) is 5.15 Å². The number of rotatable bonds is 3. The lowest BCUT2D eigenvalue weighted by molar-refractivity contribution is 0.503. The van der Waals surface area contributed by atoms with Gasteiger partial charge in [0.15, 0.2) is 0 Å². The minimum Gasteiger partial charge on any atom is -0.244 e. The number of hydrogen-bond acceptors (Lipinski definition) is 3. The van der Waals surface area contributed by atoms with Crippen molar-refractivity contribution in [3.8, 4) is 12.3 Å². The first kappa shape index (κ1) is 12.0. The van der Waals surface area contributed by atoms with Crippen LogP contribution in [0.25, 0.3) is 0 Å². The maximum Gasteiger partial charge on any atom is 0.243 e. The summed E-state index contributed by atoms with van der Waals surface area (Å²) in [6, 6.07) is 2.65. The minimum atomic E-state index is -3.56. The Bertz CT molecular complexity index is 493. The van der Waals surface area contributed by atoms with Crippen LogP contribution in [-0.4, -0.2) is 31.3 Å². The summed E-state index contributed by atoms with van der Waals surface area (Å²) in [7, 11) is -2.15. The molecule has 0 aliphatic carbocycles. The van der Waals surface area contributed by atoms with Crippen molar-refractivity contribution >= 4 is 21.6 Å². The lowest BCUT2D eigenvalue weighted by Crippen LogP contribution is -2.27. The highest BCUT2D eigenvalue weighted by Gasteiger charge is 2.19. The zero-order valence-electron chi connectivity index (χ0n) is 8.01. The van der Waals surface area contributed by atoms with E-state index >= 15 is 0 Å². The van der Waals surface area contributed by atoms with Crippen molar-refractivity contribution in [2.24, 2.45) is 0 Å². The fourth-order valence-electron chi connectivity index (χ4n) is 0.939. The van der Waals surface area contributed by atoms with Gasteiger partial charge in [0.2, 0.25) is 10.0 Å². The van der Waals surface area contributed by atoms with Gasteiger partial charge in [-0.2, -0.15) is 4.31 Å². The number of hydrogen-bond donors (Lipinski definition) is 0. The molecule has 0 unspecified atom stereocenters. The second-order valence-electron chi connectivity index (χ2n) is 2.78. The minimum absolute atomic E-state index is 0.0161. The summed E-state index contributed by atoms with van der Waals surface area (Å²) < 4.78 is 24.7. The van der Waals surface area contributed by atoms with Gasteiger partial charge in [-0.3, -0.25) is 0 Å². The molecule has 80 valence electrons. The fraction of sp³-hybridized carbons (Fsp3) is 0.222. The molecule has 0 aromatic carbocycles. The molecule has 1 heterocycles. The topological polar surface area (TPSA) is 50.3 Å². The van der Waals surface area contributed by atoms with Crippen LogP contribution in [0.15, 0.2) is 23.2 Å². The molecule has 4 nitrogen and oxygen atoms in total. The van der Waals surface area contributed by atoms with Gasteiger partial charge in [-0.05, 0) is 12.1 Å². The smallest absolute Gasteiger partial charge is 0.243 e. The SMILES string of the molecule is C#CCN(C)S(=O)(=O)c1ccnc(Cl)c1. The van der Waals surface area contributed by atoms with Gasteiger partial charge in [0.05, 0.1) is 11.4 Å². The summed E-state index contributed by atoms with van der Waals surface area (Å²) in [5.74, 6) is 2.26. The van der Waals surface area contributed by atoms with E-state index in [0.29, 0.717) is 0 Å². The summed E-state index contributed by atoms with van der Waals surface area (Å²) in [5.41, 5.74) is 0. The standard InChI is InChI=1S/C9H9ClN2O2S/c1-3-6-12(2)15(13,14)8-4-5-11-9(10)7-8/h1,4-5,7H,6H2,2H3. The van der Waals surface area contributed by atoms with Crippen LogP contribution < -0.4 is 0 Å². The van der Waals surface area contributed by atoms with Gasteiger partial charge >= 0.3 is 0 Å². The average Bonchev–Trinajstić information content (AvgIpc) is 2.18. The third-order valence-corrected chi connectivity index (χ3v) is 3.73. The van der Waals surface area contributed by atoms with Crippen LogP contribution in [0.2, 0.25) is 5.15 Å². The molecule has 0 spiro atoms. The van der Waals surface area contributed by atoms with Gasteiger partial charge in [-0.1, -0.05) is 17.5 Å². The number of sulfonamides is 1. The molecule has 0 amide bonds. The summed E-state index contributed by atoms with van der Waals surface area (Å²) in [6.45, 7) is 0.0161. The summed E-state index contributed by atoms with van der Waals surface area (Å²) in [4.78, 5) is 3.78. The first-order valence-corrected chi connectivity index (χ1v) is 5.81. The van der Waals surface area contributed by atoms with Crippen LogP contribution >= 0.6 is 11.6 Å². The monoisotopic (exact) mass is 244 g/mol. The van der Waals surface area contributed by atoms with Crippen molar-refractivity contribution in [3.63, 3.8) is 0 Å². The van der Waals surface area contributed by atoms with Gasteiger partial charge in [-0.15, -0.1) is 6.42 Å². The van der Waals surface area contributed by atoms with E-state index in [1.165, 1.54) is 25.4 Å². The van der Waals surface area contributed by atoms with E-state index in [1.54, 1.807) is 0 Å². The van der Waals surface area contributed by atoms with E-state index in [2.05, 4.69) is 10.9 Å². The second kappa shape index (κ2) is 4.62. The second-order valence-corrected chi connectivity index (χ2v) is 5.21. The average molecular weight is 245 g/mol. The molecule has 0 N–H and O–H groups in total. The highest BCUT2D eigenvalue weighted by atomic mass is 35.5. The maximum atomic E-state index is 11.8. The van der Waals surface area contributed by atoms with Gasteiger partial charge in [0, 0.05) is 13.2 Å². The third-order valence-electron chi connectivity index (χ3n) is 1.72. The third kappa shape index (κ3) is 2.69. The van der Waals surface area contributed by atoms with Gasteiger partial charge < -0.3 is 0 Å². The van der Waals surface area contributed by atoms with E-state index in [0.717, 1.165) is 4.31 Å². The zero-order valence-corrected chi connectivity index (χ0v) is 9.59. The van der Waals surface area contributed by atoms with Crippen molar-refractivity contribution in [3.05, 3.63) is 23.5 Å². The molecular weight excluding hydrogens is 236 g/mol. The van der Waals surface area contributed by atoms with Crippen LogP contribution in [-0.2, 0) is 10.0 Å². The lowest BCUT2D eigenvalue weighted by atomic mass is 10.5. The van der Waals surface area contributed by atoms with Crippen molar-refractivity contribution < 1.29 is 8.42 Å². The largest absolute Gasteiger partial charge is 0.244 e. The Labute approximate surface area is 93.9 Å². The van der Waals surface area contributed by atoms with Crippen molar-refractivity contribution in [2.75, 3.05) is 13.6 Å². The molecule has 15 heavy (non-hydrogen) atoms. The number of aromatic nitrogens is 1. The van der Waals surface area contributed by atoms with Crippen LogP contribution in [0.4, 0.5) is 0 Å². The lowest BCUT2D eigenvalue weighted by Gasteiger charge is -2.13. The highest BCUT2D eigenvalue weighted by molar-refractivity contribution is 7.89. The maximum absolute atomic E-state index is 11.8. The molecule has 1 aromatic heterocycles. The normalized spacial score (nSPS) is 11.3. The Morgan fingerprint density at radius 2 is 2.33 bits per heavy atom. The molecule has 0 bridgehead atoms. The number of pyridine rings is 1. The van der Waals surface area contributed by atoms with E-state index in [4.69, 9.17) is 18.0 Å². The number of terminal acetylenes is 1. The molecular formula is C9H9ClN2O2S. The molecule has 0 radical (unpaired) electrons. The Morgan fingerprint density at radius 1 is 1.67 bits per heavy atom. The number of halogens is 1. The Morgan fingerprint density at radius 3 is 2.87 bits per heavy atom. The Balaban J connectivity index is 3.13. The summed E-state index contributed by atoms with van der Waals surface area (Å²) in [5, 5.41) is 0.130. The predicted octanol–water partition coefficient (Wildman–Crippen LogP) is 0.989. The summed E-state index contributed by atoms with van der Waals surface area (Å²) >= 11 is 5.60. The van der Waals surface area contributed by atoms with Crippen LogP contribution in [0, 0.1) is 12.3 Å². The first-order valence-electron chi connectivity index (χ1n) is 4.00. The van der Waals surface area contributed by atoms with Crippen molar-refractivity contribution in [2.45, 2.75) is 4.90 Å². The van der Waals surface area contributed by atoms with Crippen LogP contribution in [0.5, 0.6) is 0 Å². The van der Waals surface area contributed by atoms with E-state index < -0.39 is 10.0 Å². The molecule has 0 atom stereocenters. The quantitative estimate of drug-likeness (QED) is 0.589. The Kier molecular flexibility index (Phi) is 3.69. The predicted molar refractivity (Wildman–Crippen MR) is 57.9 cm³/mol. The number of nitrogens with zero attached hydrogens (tertiary/aromatic N) is 2. The first-order chi connectivity index (χ1) is 6.98. The highest BCUT2D eigenvalue weighted by Crippen LogP contribution is 2.16. The molecule has 6 heteroatoms. The zero-order chi connectivity index (χ0) is 11.5. The van der Waals surface area contributed by atoms with Gasteiger partial charge in [-0.25, -0.2) is 13.4 Å². The fourth-order valence-corrected chi connectivity index (χ4v) is 2.27. The molecule has 0 saturated heterocycles. The van der Waals surface area contributed by atoms with Crippen LogP contribution in [0.3, 0.4) is 0 Å². The van der Waals surface area contributed by atoms with Crippen molar-refractivity contribution in [1.82, 2.24) is 9.29 Å². The summed E-state index contributed by atoms with van der Waals surface area (Å²) in [6.07, 6.45) is 6.37. The molecule has 0 fully saturated rings. The van der Waals surface area contributed by atoms with Crippen LogP contribution in [0.1, 0.15) is 0 Å². The molecule has 0 saturated carbocycles. The molecule has 0 aliphatic heterocycles. The molecule has 0 aliphatic rings. The van der Waals surface area contributed by atoms with Gasteiger partial charge in [0.25, 0.3) is 0 Å². The molecule has 1 rings (SSSR count). The van der Waals surface area contributed by atoms with E-state index in [9.17, 15) is 8.42 Å². The Hall–Kier alpha value is -1.09. The van der Waals surface area contributed by atoms with E-state index in [-0.39, 0.29) is 16.6 Å². The van der Waals surface area contributed by atoms with Crippen molar-refractivity contribution in [1.29, 1.82) is 0 Å².